The van der Waals surface area contributed by atoms with Crippen molar-refractivity contribution in [2.24, 2.45) is 5.73 Å². The Morgan fingerprint density at radius 3 is 1.75 bits per heavy atom. The first kappa shape index (κ1) is 9.18. The molecule has 0 aromatic carbocycles. The Bertz CT molecular complexity index is 27.5. The quantitative estimate of drug-likeness (QED) is 0.250. The second-order valence-electron chi connectivity index (χ2n) is 0.129. The largest absolute Gasteiger partial charge is 0.337 e. The molecule has 1 radical (unpaired) electrons. The second kappa shape index (κ2) is 14.0. The number of rotatable bonds is 0. The van der Waals surface area contributed by atoms with E-state index in [0.29, 0.717) is 0 Å². The van der Waals surface area contributed by atoms with Crippen LogP contribution >= 0.6 is 0 Å². The van der Waals surface area contributed by atoms with Gasteiger partial charge in [0.05, 0.1) is 0 Å². The van der Waals surface area contributed by atoms with E-state index in [2.05, 4.69) is 5.73 Å². The molecule has 0 amide bonds. The van der Waals surface area contributed by atoms with Crippen LogP contribution in [0.1, 0.15) is 0 Å². The molecule has 0 saturated carbocycles. The fourth-order valence-electron chi connectivity index (χ4n) is 0. The topological polar surface area (TPSA) is 49.8 Å². The molecule has 0 fully saturated rings. The van der Waals surface area contributed by atoms with Gasteiger partial charge >= 0.3 is 0 Å². The minimum absolute atomic E-state index is 0. The SMILES string of the molecule is N#CN.[Mn]. The molecule has 2 nitrogen and oxygen atoms in total. The number of nitrogens with two attached hydrogens (primary N) is 1. The summed E-state index contributed by atoms with van der Waals surface area (Å²) in [6.07, 6.45) is 1.25. The van der Waals surface area contributed by atoms with Crippen molar-refractivity contribution < 1.29 is 17.1 Å². The summed E-state index contributed by atoms with van der Waals surface area (Å²) in [6, 6.07) is 0. The third kappa shape index (κ3) is 32.7. The molecule has 0 aliphatic heterocycles. The van der Waals surface area contributed by atoms with Crippen molar-refractivity contribution in [2.45, 2.75) is 0 Å². The van der Waals surface area contributed by atoms with Gasteiger partial charge in [0.2, 0.25) is 0 Å². The van der Waals surface area contributed by atoms with E-state index in [4.69, 9.17) is 5.26 Å². The Labute approximate surface area is 35.1 Å². The molecular weight excluding hydrogens is 95.0 g/mol. The number of nitriles is 1. The van der Waals surface area contributed by atoms with Gasteiger partial charge in [-0.3, -0.25) is 0 Å². The molecule has 0 aliphatic carbocycles. The van der Waals surface area contributed by atoms with Crippen LogP contribution in [0.5, 0.6) is 0 Å². The van der Waals surface area contributed by atoms with E-state index < -0.39 is 0 Å². The van der Waals surface area contributed by atoms with Gasteiger partial charge in [-0.15, -0.1) is 0 Å². The Morgan fingerprint density at radius 1 is 1.75 bits per heavy atom. The third-order valence-corrected chi connectivity index (χ3v) is 0. The van der Waals surface area contributed by atoms with Crippen LogP contribution in [0, 0.1) is 11.5 Å². The van der Waals surface area contributed by atoms with Crippen LogP contribution < -0.4 is 5.73 Å². The summed E-state index contributed by atoms with van der Waals surface area (Å²) in [7, 11) is 0. The van der Waals surface area contributed by atoms with E-state index in [9.17, 15) is 0 Å². The van der Waals surface area contributed by atoms with Crippen LogP contribution in [0.4, 0.5) is 0 Å². The first-order chi connectivity index (χ1) is 1.41. The Balaban J connectivity index is 0. The van der Waals surface area contributed by atoms with E-state index in [-0.39, 0.29) is 17.1 Å². The zero-order chi connectivity index (χ0) is 2.71. The monoisotopic (exact) mass is 97.0 g/mol. The number of hydrogen-bond donors (Lipinski definition) is 1. The fourth-order valence-corrected chi connectivity index (χ4v) is 0. The third-order valence-electron chi connectivity index (χ3n) is 0. The van der Waals surface area contributed by atoms with Gasteiger partial charge in [-0.2, -0.15) is 5.26 Å². The summed E-state index contributed by atoms with van der Waals surface area (Å²) >= 11 is 0. The molecule has 0 heterocycles. The standard InChI is InChI=1S/CH2N2.Mn/c2-1-3;/h2H2;. The second-order valence-corrected chi connectivity index (χ2v) is 0.129. The molecule has 2 N–H and O–H groups in total. The molecule has 0 rings (SSSR count). The van der Waals surface area contributed by atoms with Crippen molar-refractivity contribution in [3.05, 3.63) is 0 Å². The molecule has 0 saturated heterocycles. The van der Waals surface area contributed by atoms with Crippen molar-refractivity contribution in [3.8, 4) is 6.19 Å². The van der Waals surface area contributed by atoms with Crippen LogP contribution in [0.15, 0.2) is 0 Å². The Kier molecular flexibility index (Phi) is 32.2. The molecule has 0 unspecified atom stereocenters. The summed E-state index contributed by atoms with van der Waals surface area (Å²) < 4.78 is 0. The van der Waals surface area contributed by atoms with Crippen LogP contribution in [0.25, 0.3) is 0 Å². The van der Waals surface area contributed by atoms with Gasteiger partial charge < -0.3 is 5.73 Å². The zero-order valence-corrected chi connectivity index (χ0v) is 3.08. The molecule has 3 heteroatoms. The maximum absolute atomic E-state index is 7.10. The molecule has 0 aliphatic rings. The van der Waals surface area contributed by atoms with E-state index in [0.717, 1.165) is 0 Å². The zero-order valence-electron chi connectivity index (χ0n) is 1.90. The van der Waals surface area contributed by atoms with E-state index in [1.807, 2.05) is 0 Å². The molecule has 0 aromatic heterocycles. The Morgan fingerprint density at radius 2 is 1.75 bits per heavy atom. The van der Waals surface area contributed by atoms with Crippen LogP contribution in [-0.2, 0) is 17.1 Å². The molecule has 0 atom stereocenters. The fraction of sp³-hybridized carbons (Fsp3) is 0. The van der Waals surface area contributed by atoms with Gasteiger partial charge in [0.1, 0.15) is 0 Å². The van der Waals surface area contributed by atoms with Crippen molar-refractivity contribution in [1.29, 1.82) is 5.26 Å². The summed E-state index contributed by atoms with van der Waals surface area (Å²) in [5, 5.41) is 7.10. The van der Waals surface area contributed by atoms with Gasteiger partial charge in [-0.05, 0) is 0 Å². The molecule has 23 valence electrons. The maximum atomic E-state index is 7.10. The first-order valence-corrected chi connectivity index (χ1v) is 0.512. The molecular formula is CH2MnN2. The smallest absolute Gasteiger partial charge is 0.173 e. The predicted octanol–water partition coefficient (Wildman–Crippen LogP) is -0.576. The van der Waals surface area contributed by atoms with E-state index in [1.54, 1.807) is 0 Å². The van der Waals surface area contributed by atoms with Gasteiger partial charge in [0.15, 0.2) is 6.19 Å². The first-order valence-electron chi connectivity index (χ1n) is 0.512. The summed E-state index contributed by atoms with van der Waals surface area (Å²) in [5.41, 5.74) is 4.15. The summed E-state index contributed by atoms with van der Waals surface area (Å²) in [4.78, 5) is 0. The van der Waals surface area contributed by atoms with Crippen LogP contribution in [-0.4, -0.2) is 0 Å². The normalized spacial score (nSPS) is 1.75. The van der Waals surface area contributed by atoms with Crippen molar-refractivity contribution >= 4 is 0 Å². The van der Waals surface area contributed by atoms with Crippen LogP contribution in [0.3, 0.4) is 0 Å². The number of hydrogen-bond acceptors (Lipinski definition) is 2. The minimum atomic E-state index is 0. The average molecular weight is 97.0 g/mol. The van der Waals surface area contributed by atoms with Gasteiger partial charge in [0, 0.05) is 17.1 Å². The minimum Gasteiger partial charge on any atom is -0.337 e. The predicted molar refractivity (Wildman–Crippen MR) is 9.80 cm³/mol. The number of nitrogens with zero attached hydrogens (tertiary/aromatic N) is 1. The van der Waals surface area contributed by atoms with Gasteiger partial charge in [-0.1, -0.05) is 0 Å². The van der Waals surface area contributed by atoms with Gasteiger partial charge in [-0.25, -0.2) is 0 Å². The summed E-state index contributed by atoms with van der Waals surface area (Å²) in [6.45, 7) is 0. The molecule has 4 heavy (non-hydrogen) atoms. The van der Waals surface area contributed by atoms with E-state index in [1.165, 1.54) is 6.19 Å². The maximum Gasteiger partial charge on any atom is 0.173 e. The molecule has 0 spiro atoms. The van der Waals surface area contributed by atoms with Crippen molar-refractivity contribution in [1.82, 2.24) is 0 Å². The van der Waals surface area contributed by atoms with Crippen LogP contribution in [0.2, 0.25) is 0 Å². The Hall–Kier alpha value is -0.191. The molecule has 0 bridgehead atoms. The van der Waals surface area contributed by atoms with Crippen molar-refractivity contribution in [3.63, 3.8) is 0 Å². The summed E-state index contributed by atoms with van der Waals surface area (Å²) in [5.74, 6) is 0. The average Bonchev–Trinajstić information content (AvgIpc) is 0.918. The van der Waals surface area contributed by atoms with Crippen molar-refractivity contribution in [2.75, 3.05) is 0 Å². The van der Waals surface area contributed by atoms with E-state index >= 15 is 0 Å². The van der Waals surface area contributed by atoms with Gasteiger partial charge in [0.25, 0.3) is 0 Å². The molecule has 0 aromatic rings.